The third kappa shape index (κ3) is 5.31. The van der Waals surface area contributed by atoms with E-state index in [1.165, 1.54) is 0 Å². The van der Waals surface area contributed by atoms with Crippen molar-refractivity contribution in [3.05, 3.63) is 64.8 Å². The molecule has 1 atom stereocenters. The zero-order valence-electron chi connectivity index (χ0n) is 17.4. The molecule has 1 aromatic rings. The number of carbonyl (C=O) groups is 1. The number of rotatable bonds is 6. The monoisotopic (exact) mass is 407 g/mol. The Labute approximate surface area is 170 Å². The summed E-state index contributed by atoms with van der Waals surface area (Å²) in [6.45, 7) is 8.99. The van der Waals surface area contributed by atoms with Crippen molar-refractivity contribution >= 4 is 5.91 Å². The third-order valence-corrected chi connectivity index (χ3v) is 5.43. The van der Waals surface area contributed by atoms with E-state index in [1.54, 1.807) is 27.0 Å². The average molecular weight is 407 g/mol. The molecule has 1 aliphatic heterocycles. The van der Waals surface area contributed by atoms with E-state index in [-0.39, 0.29) is 18.4 Å². The molecule has 3 nitrogen and oxygen atoms in total. The predicted molar refractivity (Wildman–Crippen MR) is 109 cm³/mol. The first-order valence-electron chi connectivity index (χ1n) is 9.63. The Morgan fingerprint density at radius 2 is 2.07 bits per heavy atom. The first-order chi connectivity index (χ1) is 13.6. The Kier molecular flexibility index (Phi) is 7.33. The second kappa shape index (κ2) is 9.33. The molecule has 0 saturated carbocycles. The van der Waals surface area contributed by atoms with Gasteiger partial charge in [0.05, 0.1) is 19.6 Å². The van der Waals surface area contributed by atoms with E-state index in [0.29, 0.717) is 17.7 Å². The summed E-state index contributed by atoms with van der Waals surface area (Å²) in [6.07, 6.45) is 0.00560. The van der Waals surface area contributed by atoms with Crippen molar-refractivity contribution in [1.82, 2.24) is 4.90 Å². The lowest BCUT2D eigenvalue weighted by molar-refractivity contribution is -0.131. The molecule has 1 aromatic carbocycles. The van der Waals surface area contributed by atoms with Crippen molar-refractivity contribution in [3.63, 3.8) is 0 Å². The molecule has 1 aliphatic rings. The minimum atomic E-state index is -4.48. The lowest BCUT2D eigenvalue weighted by Crippen LogP contribution is -2.31. The minimum Gasteiger partial charge on any atom is -0.496 e. The second-order valence-electron chi connectivity index (χ2n) is 7.26. The maximum atomic E-state index is 13.0. The topological polar surface area (TPSA) is 29.5 Å². The maximum absolute atomic E-state index is 13.0. The van der Waals surface area contributed by atoms with Crippen LogP contribution in [0.2, 0.25) is 0 Å². The molecule has 0 radical (unpaired) electrons. The number of ether oxygens (including phenoxy) is 1. The quantitative estimate of drug-likeness (QED) is 0.536. The van der Waals surface area contributed by atoms with Gasteiger partial charge in [-0.15, -0.1) is 0 Å². The van der Waals surface area contributed by atoms with Crippen molar-refractivity contribution in [2.45, 2.75) is 52.3 Å². The van der Waals surface area contributed by atoms with Gasteiger partial charge in [-0.25, -0.2) is 0 Å². The number of methoxy groups -OCH3 is 1. The van der Waals surface area contributed by atoms with Gasteiger partial charge in [-0.3, -0.25) is 4.79 Å². The van der Waals surface area contributed by atoms with Crippen LogP contribution in [0.5, 0.6) is 5.75 Å². The second-order valence-corrected chi connectivity index (χ2v) is 7.26. The summed E-state index contributed by atoms with van der Waals surface area (Å²) in [5.74, 6) is 0.688. The lowest BCUT2D eigenvalue weighted by atomic mass is 9.97. The van der Waals surface area contributed by atoms with Crippen molar-refractivity contribution in [1.29, 1.82) is 0 Å². The van der Waals surface area contributed by atoms with E-state index >= 15 is 0 Å². The van der Waals surface area contributed by atoms with Crippen molar-refractivity contribution < 1.29 is 22.7 Å². The van der Waals surface area contributed by atoms with Gasteiger partial charge in [0.2, 0.25) is 5.91 Å². The smallest absolute Gasteiger partial charge is 0.415 e. The molecular weight excluding hydrogens is 379 g/mol. The van der Waals surface area contributed by atoms with Crippen LogP contribution in [0, 0.1) is 6.92 Å². The molecule has 1 amide bonds. The fourth-order valence-corrected chi connectivity index (χ4v) is 3.77. The van der Waals surface area contributed by atoms with Crippen LogP contribution in [0.25, 0.3) is 0 Å². The third-order valence-electron chi connectivity index (χ3n) is 5.43. The van der Waals surface area contributed by atoms with Crippen molar-refractivity contribution in [2.75, 3.05) is 13.7 Å². The number of benzene rings is 1. The summed E-state index contributed by atoms with van der Waals surface area (Å²) in [5.41, 5.74) is 2.11. The Balaban J connectivity index is 2.21. The fourth-order valence-electron chi connectivity index (χ4n) is 3.77. The summed E-state index contributed by atoms with van der Waals surface area (Å²) in [6, 6.07) is 5.75. The molecule has 1 fully saturated rings. The number of nitrogens with zero attached hydrogens (tertiary/aromatic N) is 1. The molecule has 0 aliphatic carbocycles. The predicted octanol–water partition coefficient (Wildman–Crippen LogP) is 6.07. The summed E-state index contributed by atoms with van der Waals surface area (Å²) < 4.78 is 43.7. The van der Waals surface area contributed by atoms with Crippen molar-refractivity contribution in [2.24, 2.45) is 0 Å². The number of carbonyl (C=O) groups excluding carboxylic acids is 1. The van der Waals surface area contributed by atoms with Crippen molar-refractivity contribution in [3.8, 4) is 5.75 Å². The number of amides is 1. The molecule has 1 saturated heterocycles. The zero-order chi connectivity index (χ0) is 21.8. The van der Waals surface area contributed by atoms with E-state index < -0.39 is 11.7 Å². The molecule has 6 heteroatoms. The SMILES string of the molecule is C=C(/C=C(C)\C(=C/C)CC(=O)N1CCCC1c1cccc(OC)c1C)C(F)(F)F. The van der Waals surface area contributed by atoms with Crippen LogP contribution < -0.4 is 4.74 Å². The number of allylic oxidation sites excluding steroid dienone is 4. The molecule has 1 unspecified atom stereocenters. The number of halogens is 3. The van der Waals surface area contributed by atoms with E-state index in [0.717, 1.165) is 35.8 Å². The number of hydrogen-bond donors (Lipinski definition) is 0. The number of likely N-dealkylation sites (tertiary alicyclic amines) is 1. The van der Waals surface area contributed by atoms with Crippen LogP contribution >= 0.6 is 0 Å². The zero-order valence-corrected chi connectivity index (χ0v) is 17.4. The fraction of sp³-hybridized carbons (Fsp3) is 0.435. The van der Waals surface area contributed by atoms with Gasteiger partial charge >= 0.3 is 6.18 Å². The molecule has 0 bridgehead atoms. The molecule has 0 N–H and O–H groups in total. The highest BCUT2D eigenvalue weighted by Gasteiger charge is 2.32. The lowest BCUT2D eigenvalue weighted by Gasteiger charge is -2.27. The average Bonchev–Trinajstić information content (AvgIpc) is 3.14. The Morgan fingerprint density at radius 1 is 1.38 bits per heavy atom. The van der Waals surface area contributed by atoms with Gasteiger partial charge < -0.3 is 9.64 Å². The van der Waals surface area contributed by atoms with Crippen LogP contribution in [-0.4, -0.2) is 30.6 Å². The van der Waals surface area contributed by atoms with E-state index in [9.17, 15) is 18.0 Å². The molecular formula is C23H28F3NO2. The highest BCUT2D eigenvalue weighted by molar-refractivity contribution is 5.80. The maximum Gasteiger partial charge on any atom is 0.415 e. The number of hydrogen-bond acceptors (Lipinski definition) is 2. The first kappa shape index (κ1) is 22.8. The molecule has 0 aromatic heterocycles. The normalized spacial score (nSPS) is 18.2. The largest absolute Gasteiger partial charge is 0.496 e. The van der Waals surface area contributed by atoms with Gasteiger partial charge in [-0.1, -0.05) is 24.8 Å². The van der Waals surface area contributed by atoms with Crippen LogP contribution in [0.4, 0.5) is 13.2 Å². The Hall–Kier alpha value is -2.50. The molecule has 1 heterocycles. The molecule has 158 valence electrons. The highest BCUT2D eigenvalue weighted by atomic mass is 19.4. The summed E-state index contributed by atoms with van der Waals surface area (Å²) >= 11 is 0. The first-order valence-corrected chi connectivity index (χ1v) is 9.63. The Morgan fingerprint density at radius 3 is 2.66 bits per heavy atom. The molecule has 29 heavy (non-hydrogen) atoms. The highest BCUT2D eigenvalue weighted by Crippen LogP contribution is 2.37. The van der Waals surface area contributed by atoms with Gasteiger partial charge in [0.1, 0.15) is 5.75 Å². The standard InChI is InChI=1S/C23H28F3NO2/c1-6-18(15(2)13-16(3)23(24,25)26)14-22(28)27-12-8-10-20(27)19-9-7-11-21(29-5)17(19)4/h6-7,9,11,13,20H,3,8,10,12,14H2,1-2,4-5H3/b15-13-,18-6-. The van der Waals surface area contributed by atoms with Crippen LogP contribution in [0.3, 0.4) is 0 Å². The van der Waals surface area contributed by atoms with Gasteiger partial charge in [0.25, 0.3) is 0 Å². The van der Waals surface area contributed by atoms with E-state index in [1.807, 2.05) is 30.0 Å². The van der Waals surface area contributed by atoms with Gasteiger partial charge in [-0.05, 0) is 68.0 Å². The van der Waals surface area contributed by atoms with Crippen LogP contribution in [0.1, 0.15) is 50.3 Å². The van der Waals surface area contributed by atoms with Crippen LogP contribution in [0.15, 0.2) is 53.6 Å². The molecule has 0 spiro atoms. The van der Waals surface area contributed by atoms with Crippen LogP contribution in [-0.2, 0) is 4.79 Å². The van der Waals surface area contributed by atoms with E-state index in [2.05, 4.69) is 6.58 Å². The summed E-state index contributed by atoms with van der Waals surface area (Å²) in [5, 5.41) is 0. The summed E-state index contributed by atoms with van der Waals surface area (Å²) in [7, 11) is 1.62. The summed E-state index contributed by atoms with van der Waals surface area (Å²) in [4.78, 5) is 14.9. The molecule has 2 rings (SSSR count). The van der Waals surface area contributed by atoms with Gasteiger partial charge in [0.15, 0.2) is 0 Å². The van der Waals surface area contributed by atoms with E-state index in [4.69, 9.17) is 4.74 Å². The van der Waals surface area contributed by atoms with Gasteiger partial charge in [0, 0.05) is 12.1 Å². The minimum absolute atomic E-state index is 0.0508. The number of alkyl halides is 3. The Bertz CT molecular complexity index is 837. The van der Waals surface area contributed by atoms with Gasteiger partial charge in [-0.2, -0.15) is 13.2 Å².